The number of benzene rings is 1. The Bertz CT molecular complexity index is 1110. The Kier molecular flexibility index (Phi) is 5.67. The summed E-state index contributed by atoms with van der Waals surface area (Å²) in [6, 6.07) is 5.16. The van der Waals surface area contributed by atoms with Gasteiger partial charge in [0, 0.05) is 35.8 Å². The van der Waals surface area contributed by atoms with Crippen molar-refractivity contribution >= 4 is 15.8 Å². The molecule has 158 valence electrons. The first kappa shape index (κ1) is 20.6. The topological polar surface area (TPSA) is 95.4 Å². The van der Waals surface area contributed by atoms with E-state index in [9.17, 15) is 13.5 Å². The fraction of sp³-hybridized carbons (Fsp3) is 0.455. The minimum atomic E-state index is -3.21. The number of nitrogens with zero attached hydrogens (tertiary/aromatic N) is 3. The lowest BCUT2D eigenvalue weighted by molar-refractivity contribution is 0.328. The van der Waals surface area contributed by atoms with Crippen LogP contribution in [-0.2, 0) is 22.9 Å². The quantitative estimate of drug-likeness (QED) is 0.730. The normalized spacial score (nSPS) is 19.7. The number of nitrogens with one attached hydrogen (secondary N) is 1. The molecule has 0 saturated carbocycles. The number of hydrogen-bond acceptors (Lipinski definition) is 6. The van der Waals surface area contributed by atoms with E-state index in [1.807, 2.05) is 0 Å². The zero-order chi connectivity index (χ0) is 21.3. The highest BCUT2D eigenvalue weighted by atomic mass is 32.2. The molecule has 0 radical (unpaired) electrons. The summed E-state index contributed by atoms with van der Waals surface area (Å²) in [5.74, 6) is 3.36. The van der Waals surface area contributed by atoms with Crippen LogP contribution in [0.15, 0.2) is 18.2 Å². The van der Waals surface area contributed by atoms with E-state index in [0.29, 0.717) is 29.9 Å². The highest BCUT2D eigenvalue weighted by Gasteiger charge is 2.28. The molecule has 2 heterocycles. The standard InChI is InChI=1S/C22H26N4O3S/c1-3-15-10-11-19(20(27)13-15)21-17-8-4-5-9-18(17)22(25-24-21)23-16-7-6-12-26(14-16)30(2,28)29/h1,10-11,13,16,27H,4-9,12,14H2,2H3,(H,23,25). The summed E-state index contributed by atoms with van der Waals surface area (Å²) in [6.45, 7) is 0.998. The molecule has 7 nitrogen and oxygen atoms in total. The number of aromatic nitrogens is 2. The fourth-order valence-electron chi connectivity index (χ4n) is 4.36. The van der Waals surface area contributed by atoms with Gasteiger partial charge in [-0.15, -0.1) is 16.6 Å². The Morgan fingerprint density at radius 3 is 2.67 bits per heavy atom. The highest BCUT2D eigenvalue weighted by Crippen LogP contribution is 2.37. The van der Waals surface area contributed by atoms with Crippen LogP contribution < -0.4 is 5.32 Å². The van der Waals surface area contributed by atoms with E-state index >= 15 is 0 Å². The smallest absolute Gasteiger partial charge is 0.211 e. The van der Waals surface area contributed by atoms with Gasteiger partial charge in [-0.2, -0.15) is 0 Å². The fourth-order valence-corrected chi connectivity index (χ4v) is 5.27. The van der Waals surface area contributed by atoms with Gasteiger partial charge in [-0.05, 0) is 62.3 Å². The van der Waals surface area contributed by atoms with Crippen LogP contribution in [0.3, 0.4) is 0 Å². The van der Waals surface area contributed by atoms with Gasteiger partial charge in [-0.25, -0.2) is 12.7 Å². The van der Waals surface area contributed by atoms with Crippen LogP contribution in [0.2, 0.25) is 0 Å². The van der Waals surface area contributed by atoms with Crippen molar-refractivity contribution in [2.75, 3.05) is 24.7 Å². The summed E-state index contributed by atoms with van der Waals surface area (Å²) in [6.07, 6.45) is 12.2. The maximum atomic E-state index is 11.9. The monoisotopic (exact) mass is 426 g/mol. The van der Waals surface area contributed by atoms with Crippen molar-refractivity contribution in [3.63, 3.8) is 0 Å². The number of rotatable bonds is 4. The number of anilines is 1. The number of hydrogen-bond donors (Lipinski definition) is 2. The second kappa shape index (κ2) is 8.25. The molecule has 0 spiro atoms. The van der Waals surface area contributed by atoms with Crippen molar-refractivity contribution in [3.05, 3.63) is 34.9 Å². The van der Waals surface area contributed by atoms with Crippen LogP contribution >= 0.6 is 0 Å². The third kappa shape index (κ3) is 4.13. The van der Waals surface area contributed by atoms with Crippen molar-refractivity contribution < 1.29 is 13.5 Å². The first-order valence-electron chi connectivity index (χ1n) is 10.3. The third-order valence-corrected chi connectivity index (χ3v) is 7.17. The predicted octanol–water partition coefficient (Wildman–Crippen LogP) is 2.55. The van der Waals surface area contributed by atoms with E-state index in [4.69, 9.17) is 6.42 Å². The minimum Gasteiger partial charge on any atom is -0.507 e. The molecule has 1 unspecified atom stereocenters. The average Bonchev–Trinajstić information content (AvgIpc) is 2.74. The molecule has 30 heavy (non-hydrogen) atoms. The number of sulfonamides is 1. The van der Waals surface area contributed by atoms with Gasteiger partial charge in [0.15, 0.2) is 5.82 Å². The van der Waals surface area contributed by atoms with Gasteiger partial charge in [-0.3, -0.25) is 0 Å². The predicted molar refractivity (Wildman–Crippen MR) is 117 cm³/mol. The molecule has 0 amide bonds. The maximum absolute atomic E-state index is 11.9. The molecule has 2 aliphatic rings. The Hall–Kier alpha value is -2.63. The van der Waals surface area contributed by atoms with Crippen LogP contribution in [0.1, 0.15) is 42.4 Å². The van der Waals surface area contributed by atoms with Crippen LogP contribution in [0, 0.1) is 12.3 Å². The molecule has 1 aliphatic heterocycles. The molecule has 1 atom stereocenters. The number of phenols is 1. The van der Waals surface area contributed by atoms with E-state index in [1.54, 1.807) is 18.2 Å². The molecule has 4 rings (SSSR count). The highest BCUT2D eigenvalue weighted by molar-refractivity contribution is 7.88. The number of aromatic hydroxyl groups is 1. The van der Waals surface area contributed by atoms with Gasteiger partial charge in [0.2, 0.25) is 10.0 Å². The van der Waals surface area contributed by atoms with Crippen molar-refractivity contribution in [2.45, 2.75) is 44.6 Å². The summed E-state index contributed by atoms with van der Waals surface area (Å²) in [7, 11) is -3.21. The minimum absolute atomic E-state index is 0.00275. The SMILES string of the molecule is C#Cc1ccc(-c2nnc(NC3CCCN(S(C)(=O)=O)C3)c3c2CCCC3)c(O)c1. The molecular weight excluding hydrogens is 400 g/mol. The maximum Gasteiger partial charge on any atom is 0.211 e. The zero-order valence-corrected chi connectivity index (χ0v) is 17.9. The van der Waals surface area contributed by atoms with Crippen molar-refractivity contribution in [3.8, 4) is 29.4 Å². The van der Waals surface area contributed by atoms with Crippen LogP contribution in [-0.4, -0.2) is 53.4 Å². The molecular formula is C22H26N4O3S. The van der Waals surface area contributed by atoms with Crippen LogP contribution in [0.4, 0.5) is 5.82 Å². The van der Waals surface area contributed by atoms with E-state index < -0.39 is 10.0 Å². The summed E-state index contributed by atoms with van der Waals surface area (Å²) >= 11 is 0. The molecule has 2 aromatic rings. The number of terminal acetylenes is 1. The van der Waals surface area contributed by atoms with E-state index in [2.05, 4.69) is 21.4 Å². The van der Waals surface area contributed by atoms with Crippen molar-refractivity contribution in [1.29, 1.82) is 0 Å². The summed E-state index contributed by atoms with van der Waals surface area (Å²) in [5.41, 5.74) is 4.15. The Labute approximate surface area is 177 Å². The summed E-state index contributed by atoms with van der Waals surface area (Å²) in [5, 5.41) is 22.8. The van der Waals surface area contributed by atoms with Crippen LogP contribution in [0.25, 0.3) is 11.3 Å². The van der Waals surface area contributed by atoms with Gasteiger partial charge >= 0.3 is 0 Å². The zero-order valence-electron chi connectivity index (χ0n) is 17.1. The van der Waals surface area contributed by atoms with Gasteiger partial charge < -0.3 is 10.4 Å². The van der Waals surface area contributed by atoms with Gasteiger partial charge in [0.05, 0.1) is 6.26 Å². The second-order valence-electron chi connectivity index (χ2n) is 8.04. The van der Waals surface area contributed by atoms with E-state index in [0.717, 1.165) is 55.5 Å². The first-order valence-corrected chi connectivity index (χ1v) is 12.1. The average molecular weight is 427 g/mol. The van der Waals surface area contributed by atoms with E-state index in [1.165, 1.54) is 10.6 Å². The van der Waals surface area contributed by atoms with Gasteiger partial charge in [-0.1, -0.05) is 5.92 Å². The molecule has 8 heteroatoms. The first-order chi connectivity index (χ1) is 14.4. The third-order valence-electron chi connectivity index (χ3n) is 5.90. The Morgan fingerprint density at radius 2 is 1.97 bits per heavy atom. The van der Waals surface area contributed by atoms with Gasteiger partial charge in [0.25, 0.3) is 0 Å². The van der Waals surface area contributed by atoms with Crippen molar-refractivity contribution in [2.24, 2.45) is 0 Å². The largest absolute Gasteiger partial charge is 0.507 e. The lowest BCUT2D eigenvalue weighted by Gasteiger charge is -2.32. The Morgan fingerprint density at radius 1 is 1.20 bits per heavy atom. The summed E-state index contributed by atoms with van der Waals surface area (Å²) < 4.78 is 25.4. The van der Waals surface area contributed by atoms with Crippen LogP contribution in [0.5, 0.6) is 5.75 Å². The Balaban J connectivity index is 1.66. The summed E-state index contributed by atoms with van der Waals surface area (Å²) in [4.78, 5) is 0. The lowest BCUT2D eigenvalue weighted by Crippen LogP contribution is -2.44. The molecule has 1 aromatic carbocycles. The molecule has 1 aromatic heterocycles. The van der Waals surface area contributed by atoms with Crippen molar-refractivity contribution in [1.82, 2.24) is 14.5 Å². The molecule has 2 N–H and O–H groups in total. The lowest BCUT2D eigenvalue weighted by atomic mass is 9.88. The molecule has 0 bridgehead atoms. The van der Waals surface area contributed by atoms with Gasteiger partial charge in [0.1, 0.15) is 11.4 Å². The second-order valence-corrected chi connectivity index (χ2v) is 10.0. The number of fused-ring (bicyclic) bond motifs is 1. The van der Waals surface area contributed by atoms with E-state index in [-0.39, 0.29) is 11.8 Å². The molecule has 1 aliphatic carbocycles. The number of phenolic OH excluding ortho intramolecular Hbond substituents is 1. The number of piperidine rings is 1. The molecule has 1 fully saturated rings. The molecule has 1 saturated heterocycles.